The molecular weight excluding hydrogens is 257 g/mol. The molecule has 1 unspecified atom stereocenters. The van der Waals surface area contributed by atoms with Crippen molar-refractivity contribution in [2.75, 3.05) is 11.1 Å². The normalized spacial score (nSPS) is 13.6. The van der Waals surface area contributed by atoms with E-state index < -0.39 is 12.0 Å². The van der Waals surface area contributed by atoms with Crippen LogP contribution in [-0.4, -0.2) is 16.0 Å². The minimum atomic E-state index is -4.59. The summed E-state index contributed by atoms with van der Waals surface area (Å²) in [6.45, 7) is 6.09. The summed E-state index contributed by atoms with van der Waals surface area (Å²) >= 11 is 0. The molecule has 0 aliphatic carbocycles. The van der Waals surface area contributed by atoms with Crippen LogP contribution >= 0.6 is 0 Å². The number of hydrogen-bond donors (Lipinski definition) is 2. The van der Waals surface area contributed by atoms with Crippen LogP contribution in [0.25, 0.3) is 0 Å². The molecule has 0 aliphatic rings. The van der Waals surface area contributed by atoms with Crippen molar-refractivity contribution in [3.8, 4) is 0 Å². The molecular formula is C12H19F3N4. The minimum Gasteiger partial charge on any atom is -0.384 e. The van der Waals surface area contributed by atoms with Crippen molar-refractivity contribution in [2.24, 2.45) is 5.92 Å². The Morgan fingerprint density at radius 1 is 1.21 bits per heavy atom. The van der Waals surface area contributed by atoms with E-state index in [-0.39, 0.29) is 17.7 Å². The minimum absolute atomic E-state index is 0.0257. The molecule has 3 N–H and O–H groups in total. The van der Waals surface area contributed by atoms with Crippen molar-refractivity contribution in [3.63, 3.8) is 0 Å². The lowest BCUT2D eigenvalue weighted by Gasteiger charge is -2.16. The Morgan fingerprint density at radius 3 is 2.37 bits per heavy atom. The maximum atomic E-state index is 12.5. The molecule has 0 radical (unpaired) electrons. The molecule has 4 nitrogen and oxygen atoms in total. The second-order valence-corrected chi connectivity index (χ2v) is 5.02. The van der Waals surface area contributed by atoms with Crippen LogP contribution in [0, 0.1) is 5.92 Å². The highest BCUT2D eigenvalue weighted by atomic mass is 19.4. The molecule has 1 heterocycles. The van der Waals surface area contributed by atoms with Gasteiger partial charge in [0.15, 0.2) is 0 Å². The number of aromatic nitrogens is 2. The summed E-state index contributed by atoms with van der Waals surface area (Å²) in [5.74, 6) is -0.756. The average Bonchev–Trinajstić information content (AvgIpc) is 2.24. The van der Waals surface area contributed by atoms with Gasteiger partial charge in [0.1, 0.15) is 11.6 Å². The fourth-order valence-electron chi connectivity index (χ4n) is 1.57. The first-order chi connectivity index (χ1) is 8.68. The molecule has 0 bridgehead atoms. The van der Waals surface area contributed by atoms with Gasteiger partial charge in [-0.25, -0.2) is 9.97 Å². The third-order valence-electron chi connectivity index (χ3n) is 2.57. The number of alkyl halides is 3. The van der Waals surface area contributed by atoms with Gasteiger partial charge in [0.2, 0.25) is 5.82 Å². The van der Waals surface area contributed by atoms with Gasteiger partial charge in [0.05, 0.1) is 0 Å². The molecule has 1 aromatic heterocycles. The number of nitrogens with one attached hydrogen (secondary N) is 1. The molecule has 108 valence electrons. The van der Waals surface area contributed by atoms with Crippen LogP contribution in [0.3, 0.4) is 0 Å². The van der Waals surface area contributed by atoms with Crippen LogP contribution in [0.4, 0.5) is 24.8 Å². The number of nitrogens with two attached hydrogens (primary N) is 1. The van der Waals surface area contributed by atoms with E-state index in [1.165, 1.54) is 6.07 Å². The molecule has 1 aromatic rings. The molecule has 0 saturated carbocycles. The highest BCUT2D eigenvalue weighted by molar-refractivity contribution is 5.45. The third kappa shape index (κ3) is 5.32. The zero-order valence-electron chi connectivity index (χ0n) is 11.3. The Kier molecular flexibility index (Phi) is 4.97. The molecule has 1 rings (SSSR count). The second-order valence-electron chi connectivity index (χ2n) is 5.02. The van der Waals surface area contributed by atoms with Crippen LogP contribution in [0.1, 0.15) is 39.4 Å². The lowest BCUT2D eigenvalue weighted by atomic mass is 10.0. The van der Waals surface area contributed by atoms with Crippen molar-refractivity contribution >= 4 is 11.6 Å². The van der Waals surface area contributed by atoms with E-state index in [0.29, 0.717) is 5.92 Å². The number of nitrogen functional groups attached to an aromatic ring is 1. The van der Waals surface area contributed by atoms with E-state index in [9.17, 15) is 13.2 Å². The van der Waals surface area contributed by atoms with Gasteiger partial charge in [-0.3, -0.25) is 0 Å². The van der Waals surface area contributed by atoms with E-state index >= 15 is 0 Å². The Bertz CT molecular complexity index is 418. The summed E-state index contributed by atoms with van der Waals surface area (Å²) in [5.41, 5.74) is 5.36. The molecule has 19 heavy (non-hydrogen) atoms. The predicted octanol–water partition coefficient (Wildman–Crippen LogP) is 3.31. The molecule has 0 spiro atoms. The fraction of sp³-hybridized carbons (Fsp3) is 0.667. The van der Waals surface area contributed by atoms with E-state index in [0.717, 1.165) is 12.8 Å². The summed E-state index contributed by atoms with van der Waals surface area (Å²) in [6, 6.07) is 1.33. The summed E-state index contributed by atoms with van der Waals surface area (Å²) in [4.78, 5) is 6.63. The average molecular weight is 276 g/mol. The Balaban J connectivity index is 2.76. The fourth-order valence-corrected chi connectivity index (χ4v) is 1.57. The summed E-state index contributed by atoms with van der Waals surface area (Å²) in [6.07, 6.45) is -2.75. The molecule has 1 atom stereocenters. The van der Waals surface area contributed by atoms with Crippen molar-refractivity contribution in [1.82, 2.24) is 9.97 Å². The van der Waals surface area contributed by atoms with Gasteiger partial charge < -0.3 is 11.1 Å². The molecule has 7 heteroatoms. The lowest BCUT2D eigenvalue weighted by molar-refractivity contribution is -0.144. The SMILES string of the molecule is CC(C)CCC(C)Nc1cc(N)nc(C(F)(F)F)n1. The predicted molar refractivity (Wildman–Crippen MR) is 68.6 cm³/mol. The van der Waals surface area contributed by atoms with Gasteiger partial charge in [-0.15, -0.1) is 0 Å². The summed E-state index contributed by atoms with van der Waals surface area (Å²) < 4.78 is 37.6. The van der Waals surface area contributed by atoms with Crippen LogP contribution in [0.15, 0.2) is 6.07 Å². The first kappa shape index (κ1) is 15.5. The highest BCUT2D eigenvalue weighted by Crippen LogP contribution is 2.28. The van der Waals surface area contributed by atoms with Crippen molar-refractivity contribution in [2.45, 2.75) is 45.8 Å². The lowest BCUT2D eigenvalue weighted by Crippen LogP contribution is -2.19. The molecule has 0 fully saturated rings. The standard InChI is InChI=1S/C12H19F3N4/c1-7(2)4-5-8(3)17-10-6-9(16)18-11(19-10)12(13,14)15/h6-8H,4-5H2,1-3H3,(H3,16,17,18,19). The number of hydrogen-bond acceptors (Lipinski definition) is 4. The van der Waals surface area contributed by atoms with Crippen LogP contribution < -0.4 is 11.1 Å². The van der Waals surface area contributed by atoms with Gasteiger partial charge in [-0.05, 0) is 25.7 Å². The van der Waals surface area contributed by atoms with Gasteiger partial charge in [-0.2, -0.15) is 13.2 Å². The van der Waals surface area contributed by atoms with Crippen LogP contribution in [0.5, 0.6) is 0 Å². The number of anilines is 2. The van der Waals surface area contributed by atoms with Gasteiger partial charge in [0, 0.05) is 12.1 Å². The van der Waals surface area contributed by atoms with Crippen molar-refractivity contribution < 1.29 is 13.2 Å². The quantitative estimate of drug-likeness (QED) is 0.866. The zero-order valence-corrected chi connectivity index (χ0v) is 11.3. The maximum Gasteiger partial charge on any atom is 0.451 e. The first-order valence-electron chi connectivity index (χ1n) is 6.16. The molecule has 0 saturated heterocycles. The van der Waals surface area contributed by atoms with Crippen molar-refractivity contribution in [1.29, 1.82) is 0 Å². The van der Waals surface area contributed by atoms with E-state index in [4.69, 9.17) is 5.73 Å². The van der Waals surface area contributed by atoms with Crippen LogP contribution in [-0.2, 0) is 6.18 Å². The second kappa shape index (κ2) is 6.08. The Morgan fingerprint density at radius 2 is 1.84 bits per heavy atom. The topological polar surface area (TPSA) is 63.8 Å². The van der Waals surface area contributed by atoms with E-state index in [1.54, 1.807) is 0 Å². The Labute approximate surface area is 110 Å². The number of rotatable bonds is 5. The van der Waals surface area contributed by atoms with E-state index in [1.807, 2.05) is 6.92 Å². The first-order valence-corrected chi connectivity index (χ1v) is 6.16. The van der Waals surface area contributed by atoms with E-state index in [2.05, 4.69) is 29.1 Å². The van der Waals surface area contributed by atoms with Crippen LogP contribution in [0.2, 0.25) is 0 Å². The monoisotopic (exact) mass is 276 g/mol. The van der Waals surface area contributed by atoms with Gasteiger partial charge in [0.25, 0.3) is 0 Å². The van der Waals surface area contributed by atoms with Gasteiger partial charge >= 0.3 is 6.18 Å². The summed E-state index contributed by atoms with van der Waals surface area (Å²) in [5, 5.41) is 2.92. The largest absolute Gasteiger partial charge is 0.451 e. The maximum absolute atomic E-state index is 12.5. The smallest absolute Gasteiger partial charge is 0.384 e. The Hall–Kier alpha value is -1.53. The highest BCUT2D eigenvalue weighted by Gasteiger charge is 2.35. The molecule has 0 amide bonds. The summed E-state index contributed by atoms with van der Waals surface area (Å²) in [7, 11) is 0. The van der Waals surface area contributed by atoms with Gasteiger partial charge in [-0.1, -0.05) is 13.8 Å². The third-order valence-corrected chi connectivity index (χ3v) is 2.57. The number of nitrogens with zero attached hydrogens (tertiary/aromatic N) is 2. The number of halogens is 3. The zero-order chi connectivity index (χ0) is 14.6. The van der Waals surface area contributed by atoms with Crippen molar-refractivity contribution in [3.05, 3.63) is 11.9 Å². The molecule has 0 aromatic carbocycles. The molecule has 0 aliphatic heterocycles.